The molecule has 2 amide bonds. The summed E-state index contributed by atoms with van der Waals surface area (Å²) in [5, 5.41) is 2.84. The van der Waals surface area contributed by atoms with Gasteiger partial charge in [0, 0.05) is 11.1 Å². The first-order chi connectivity index (χ1) is 22.1. The summed E-state index contributed by atoms with van der Waals surface area (Å²) in [6.45, 7) is 7.19. The number of Topliss-reactive ketones (excluding diaryl/α,β-unsaturated/α-hetero) is 2. The Morgan fingerprint density at radius 3 is 1.13 bits per heavy atom. The Kier molecular flexibility index (Phi) is 7.94. The van der Waals surface area contributed by atoms with Crippen molar-refractivity contribution < 1.29 is 28.7 Å². The van der Waals surface area contributed by atoms with Gasteiger partial charge in [-0.1, -0.05) is 60.7 Å². The van der Waals surface area contributed by atoms with Crippen molar-refractivity contribution in [2.24, 2.45) is 0 Å². The third kappa shape index (κ3) is 5.52. The van der Waals surface area contributed by atoms with Crippen LogP contribution in [0.2, 0.25) is 0 Å². The molecule has 1 aliphatic carbocycles. The van der Waals surface area contributed by atoms with Crippen LogP contribution in [0.4, 0.5) is 11.4 Å². The van der Waals surface area contributed by atoms with Gasteiger partial charge in [-0.15, -0.1) is 0 Å². The van der Waals surface area contributed by atoms with Crippen LogP contribution in [-0.4, -0.2) is 23.4 Å². The maximum absolute atomic E-state index is 13.3. The number of allylic oxidation sites excluding steroid dienone is 11. The van der Waals surface area contributed by atoms with E-state index in [1.807, 2.05) is 36.4 Å². The molecule has 3 aromatic rings. The van der Waals surface area contributed by atoms with Gasteiger partial charge in [0.25, 0.3) is 11.8 Å². The van der Waals surface area contributed by atoms with Gasteiger partial charge in [0.2, 0.25) is 0 Å². The van der Waals surface area contributed by atoms with Crippen molar-refractivity contribution in [3.63, 3.8) is 0 Å². The van der Waals surface area contributed by atoms with Gasteiger partial charge >= 0.3 is 0 Å². The molecular formula is C38H30N2O6. The molecule has 4 aliphatic rings. The minimum Gasteiger partial charge on any atom is -0.467 e. The zero-order valence-corrected chi connectivity index (χ0v) is 25.7. The number of hydrogen-bond donors (Lipinski definition) is 0. The molecule has 0 radical (unpaired) electrons. The highest BCUT2D eigenvalue weighted by Crippen LogP contribution is 2.35. The molecule has 0 unspecified atom stereocenters. The molecule has 0 spiro atoms. The number of fused-ring (bicyclic) bond motifs is 1. The van der Waals surface area contributed by atoms with Gasteiger partial charge in [-0.3, -0.25) is 19.2 Å². The van der Waals surface area contributed by atoms with E-state index in [4.69, 9.17) is 9.47 Å². The Bertz CT molecular complexity index is 1860. The lowest BCUT2D eigenvalue weighted by Gasteiger charge is -2.27. The number of para-hydroxylation sites is 2. The highest BCUT2D eigenvalue weighted by atomic mass is 16.5. The number of hydrogen-bond acceptors (Lipinski definition) is 6. The summed E-state index contributed by atoms with van der Waals surface area (Å²) in [4.78, 5) is 51.3. The van der Waals surface area contributed by atoms with E-state index < -0.39 is 0 Å². The van der Waals surface area contributed by atoms with Crippen molar-refractivity contribution in [2.45, 2.75) is 27.7 Å². The molecule has 0 N–H and O–H groups in total. The Labute approximate surface area is 266 Å². The lowest BCUT2D eigenvalue weighted by atomic mass is 10.0. The van der Waals surface area contributed by atoms with Gasteiger partial charge in [0.15, 0.2) is 11.6 Å². The minimum atomic E-state index is -0.361. The highest BCUT2D eigenvalue weighted by molar-refractivity contribution is 6.40. The van der Waals surface area contributed by atoms with E-state index in [-0.39, 0.29) is 34.5 Å². The molecular weight excluding hydrogens is 580 g/mol. The fourth-order valence-corrected chi connectivity index (χ4v) is 5.72. The molecule has 0 atom stereocenters. The summed E-state index contributed by atoms with van der Waals surface area (Å²) >= 11 is 0. The molecule has 3 heterocycles. The van der Waals surface area contributed by atoms with Crippen molar-refractivity contribution in [3.05, 3.63) is 166 Å². The largest absolute Gasteiger partial charge is 0.467 e. The summed E-state index contributed by atoms with van der Waals surface area (Å²) in [5.41, 5.74) is 3.79. The van der Waals surface area contributed by atoms with E-state index in [1.165, 1.54) is 10.0 Å². The number of ketones is 2. The van der Waals surface area contributed by atoms with Crippen molar-refractivity contribution in [3.8, 4) is 0 Å². The molecule has 0 bridgehead atoms. The monoisotopic (exact) mass is 610 g/mol. The summed E-state index contributed by atoms with van der Waals surface area (Å²) in [6.07, 6.45) is 6.89. The number of hydrazine groups is 1. The number of anilines is 2. The van der Waals surface area contributed by atoms with Gasteiger partial charge in [0.1, 0.15) is 28.6 Å². The first kappa shape index (κ1) is 30.0. The third-order valence-corrected chi connectivity index (χ3v) is 7.54. The van der Waals surface area contributed by atoms with Crippen LogP contribution in [0, 0.1) is 0 Å². The normalized spacial score (nSPS) is 17.5. The second-order valence-electron chi connectivity index (χ2n) is 11.0. The number of rotatable bonds is 2. The molecule has 1 saturated heterocycles. The zero-order chi connectivity index (χ0) is 32.5. The van der Waals surface area contributed by atoms with Gasteiger partial charge in [-0.05, 0) is 87.4 Å². The van der Waals surface area contributed by atoms with Crippen LogP contribution in [0.1, 0.15) is 48.4 Å². The first-order valence-electron chi connectivity index (χ1n) is 14.7. The van der Waals surface area contributed by atoms with Crippen LogP contribution in [0.5, 0.6) is 0 Å². The third-order valence-electron chi connectivity index (χ3n) is 7.54. The van der Waals surface area contributed by atoms with Crippen LogP contribution in [0.25, 0.3) is 0 Å². The average molecular weight is 611 g/mol. The molecule has 7 rings (SSSR count). The highest BCUT2D eigenvalue weighted by Gasteiger charge is 2.44. The predicted octanol–water partition coefficient (Wildman–Crippen LogP) is 7.32. The number of ether oxygens (including phenoxy) is 2. The lowest BCUT2D eigenvalue weighted by Crippen LogP contribution is -2.41. The van der Waals surface area contributed by atoms with Crippen LogP contribution in [0.3, 0.4) is 0 Å². The quantitative estimate of drug-likeness (QED) is 0.223. The standard InChI is InChI=1S/C22H18N2O3.C16H12O3/c1-15-13-17(14-16(2)27-15)20-21(25)23(18-9-5-3-6-10-18)24(22(20)26)19-11-7-4-8-12-19;1-9-7-11(8-10(2)19-9)14-15(17)12-5-3-4-6-13(12)16(14)18/h3-14H,1-2H3;3-8H,1-2H3. The second-order valence-corrected chi connectivity index (χ2v) is 11.0. The van der Waals surface area contributed by atoms with Crippen molar-refractivity contribution in [1.29, 1.82) is 0 Å². The van der Waals surface area contributed by atoms with Crippen LogP contribution in [-0.2, 0) is 19.1 Å². The van der Waals surface area contributed by atoms with Crippen LogP contribution >= 0.6 is 0 Å². The van der Waals surface area contributed by atoms with Gasteiger partial charge in [-0.2, -0.15) is 0 Å². The minimum absolute atomic E-state index is 0.129. The molecule has 1 fully saturated rings. The van der Waals surface area contributed by atoms with Crippen LogP contribution in [0.15, 0.2) is 155 Å². The molecule has 46 heavy (non-hydrogen) atoms. The molecule has 3 aliphatic heterocycles. The Morgan fingerprint density at radius 1 is 0.435 bits per heavy atom. The van der Waals surface area contributed by atoms with Crippen molar-refractivity contribution in [2.75, 3.05) is 10.0 Å². The predicted molar refractivity (Wildman–Crippen MR) is 174 cm³/mol. The van der Waals surface area contributed by atoms with E-state index in [0.717, 1.165) is 0 Å². The number of benzene rings is 3. The van der Waals surface area contributed by atoms with Gasteiger partial charge in [0.05, 0.1) is 16.9 Å². The Hall–Kier alpha value is -6.02. The fraction of sp³-hybridized carbons (Fsp3) is 0.105. The van der Waals surface area contributed by atoms with Crippen molar-refractivity contribution >= 4 is 34.8 Å². The Morgan fingerprint density at radius 2 is 0.761 bits per heavy atom. The number of nitrogens with zero attached hydrogens (tertiary/aromatic N) is 2. The smallest absolute Gasteiger partial charge is 0.283 e. The first-order valence-corrected chi connectivity index (χ1v) is 14.7. The lowest BCUT2D eigenvalue weighted by molar-refractivity contribution is -0.116. The summed E-state index contributed by atoms with van der Waals surface area (Å²) < 4.78 is 10.9. The number of carbonyl (C=O) groups is 4. The zero-order valence-electron chi connectivity index (χ0n) is 25.7. The molecule has 228 valence electrons. The summed E-state index contributed by atoms with van der Waals surface area (Å²) in [5.74, 6) is 1.51. The topological polar surface area (TPSA) is 93.2 Å². The van der Waals surface area contributed by atoms with E-state index in [9.17, 15) is 19.2 Å². The molecule has 8 nitrogen and oxygen atoms in total. The number of amides is 2. The molecule has 0 saturated carbocycles. The molecule has 8 heteroatoms. The number of carbonyl (C=O) groups excluding carboxylic acids is 4. The fourth-order valence-electron chi connectivity index (χ4n) is 5.72. The van der Waals surface area contributed by atoms with E-state index in [1.54, 1.807) is 101 Å². The summed E-state index contributed by atoms with van der Waals surface area (Å²) in [6, 6.07) is 25.2. The SMILES string of the molecule is CC1=CC(=C2C(=O)N(c3ccccc3)N(c3ccccc3)C2=O)C=C(C)O1.CC1=CC(=C2C(=O)c3ccccc3C2=O)C=C(C)O1. The van der Waals surface area contributed by atoms with Gasteiger partial charge < -0.3 is 9.47 Å². The van der Waals surface area contributed by atoms with Crippen molar-refractivity contribution in [1.82, 2.24) is 0 Å². The maximum atomic E-state index is 13.3. The Balaban J connectivity index is 0.000000172. The van der Waals surface area contributed by atoms with Gasteiger partial charge in [-0.25, -0.2) is 10.0 Å². The maximum Gasteiger partial charge on any atom is 0.283 e. The average Bonchev–Trinajstić information content (AvgIpc) is 3.45. The second kappa shape index (κ2) is 12.2. The van der Waals surface area contributed by atoms with Crippen LogP contribution < -0.4 is 10.0 Å². The van der Waals surface area contributed by atoms with E-state index >= 15 is 0 Å². The summed E-state index contributed by atoms with van der Waals surface area (Å²) in [7, 11) is 0. The molecule has 3 aromatic carbocycles. The molecule has 0 aromatic heterocycles. The van der Waals surface area contributed by atoms with E-state index in [2.05, 4.69) is 0 Å². The van der Waals surface area contributed by atoms with E-state index in [0.29, 0.717) is 56.7 Å².